The van der Waals surface area contributed by atoms with Crippen LogP contribution in [0.15, 0.2) is 29.1 Å². The second kappa shape index (κ2) is 4.79. The second-order valence-corrected chi connectivity index (χ2v) is 4.96. The van der Waals surface area contributed by atoms with Gasteiger partial charge in [0.05, 0.1) is 25.3 Å². The predicted molar refractivity (Wildman–Crippen MR) is 73.4 cm³/mol. The summed E-state index contributed by atoms with van der Waals surface area (Å²) in [5.74, 6) is 0. The molecule has 0 aliphatic carbocycles. The standard InChI is InChI=1S/C15H17NO3/c1-10-3-4-13-11(7-10)8-12(15(17)16(13)2)14-9-18-5-6-19-14/h3-4,7-8,14H,5-6,9H2,1-2H3. The first-order chi connectivity index (χ1) is 9.16. The zero-order valence-electron chi connectivity index (χ0n) is 11.2. The maximum atomic E-state index is 12.4. The van der Waals surface area contributed by atoms with E-state index >= 15 is 0 Å². The van der Waals surface area contributed by atoms with Gasteiger partial charge < -0.3 is 14.0 Å². The summed E-state index contributed by atoms with van der Waals surface area (Å²) in [6, 6.07) is 8.02. The summed E-state index contributed by atoms with van der Waals surface area (Å²) in [6.45, 7) is 3.64. The van der Waals surface area contributed by atoms with Crippen molar-refractivity contribution in [2.75, 3.05) is 19.8 Å². The van der Waals surface area contributed by atoms with Crippen LogP contribution in [0, 0.1) is 6.92 Å². The molecule has 1 fully saturated rings. The Kier molecular flexibility index (Phi) is 3.12. The third-order valence-electron chi connectivity index (χ3n) is 3.57. The molecule has 1 aliphatic heterocycles. The van der Waals surface area contributed by atoms with Crippen molar-refractivity contribution in [3.05, 3.63) is 45.7 Å². The number of hydrogen-bond acceptors (Lipinski definition) is 3. The van der Waals surface area contributed by atoms with Gasteiger partial charge in [-0.15, -0.1) is 0 Å². The van der Waals surface area contributed by atoms with E-state index in [-0.39, 0.29) is 11.7 Å². The van der Waals surface area contributed by atoms with Gasteiger partial charge in [0.25, 0.3) is 5.56 Å². The molecule has 1 aromatic heterocycles. The highest BCUT2D eigenvalue weighted by Crippen LogP contribution is 2.22. The summed E-state index contributed by atoms with van der Waals surface area (Å²) in [4.78, 5) is 12.4. The molecular formula is C15H17NO3. The number of aromatic nitrogens is 1. The molecule has 1 atom stereocenters. The van der Waals surface area contributed by atoms with E-state index in [0.29, 0.717) is 25.4 Å². The number of hydrogen-bond donors (Lipinski definition) is 0. The van der Waals surface area contributed by atoms with Crippen molar-refractivity contribution in [1.82, 2.24) is 4.57 Å². The van der Waals surface area contributed by atoms with Gasteiger partial charge in [-0.25, -0.2) is 0 Å². The molecule has 0 amide bonds. The van der Waals surface area contributed by atoms with Crippen LogP contribution in [0.2, 0.25) is 0 Å². The lowest BCUT2D eigenvalue weighted by Gasteiger charge is -2.23. The van der Waals surface area contributed by atoms with Gasteiger partial charge in [-0.3, -0.25) is 4.79 Å². The Bertz CT molecular complexity index is 669. The van der Waals surface area contributed by atoms with Crippen LogP contribution < -0.4 is 5.56 Å². The molecule has 2 aromatic rings. The Morgan fingerprint density at radius 1 is 1.26 bits per heavy atom. The summed E-state index contributed by atoms with van der Waals surface area (Å²) in [5.41, 5.74) is 2.79. The fourth-order valence-corrected chi connectivity index (χ4v) is 2.53. The molecular weight excluding hydrogens is 242 g/mol. The Morgan fingerprint density at radius 3 is 2.84 bits per heavy atom. The minimum Gasteiger partial charge on any atom is -0.376 e. The maximum absolute atomic E-state index is 12.4. The van der Waals surface area contributed by atoms with Crippen LogP contribution in [-0.2, 0) is 16.5 Å². The van der Waals surface area contributed by atoms with Crippen LogP contribution in [-0.4, -0.2) is 24.4 Å². The van der Waals surface area contributed by atoms with Crippen LogP contribution in [0.5, 0.6) is 0 Å². The number of nitrogens with zero attached hydrogens (tertiary/aromatic N) is 1. The summed E-state index contributed by atoms with van der Waals surface area (Å²) in [5, 5.41) is 1.06. The van der Waals surface area contributed by atoms with Crippen LogP contribution in [0.3, 0.4) is 0 Å². The van der Waals surface area contributed by atoms with Gasteiger partial charge >= 0.3 is 0 Å². The van der Waals surface area contributed by atoms with E-state index in [4.69, 9.17) is 9.47 Å². The largest absolute Gasteiger partial charge is 0.376 e. The molecule has 1 aromatic carbocycles. The lowest BCUT2D eigenvalue weighted by Crippen LogP contribution is -2.30. The van der Waals surface area contributed by atoms with Crippen molar-refractivity contribution < 1.29 is 9.47 Å². The third kappa shape index (κ3) is 2.17. The lowest BCUT2D eigenvalue weighted by molar-refractivity contribution is -0.0907. The van der Waals surface area contributed by atoms with Crippen molar-refractivity contribution in [2.45, 2.75) is 13.0 Å². The van der Waals surface area contributed by atoms with E-state index < -0.39 is 0 Å². The number of pyridine rings is 1. The van der Waals surface area contributed by atoms with Gasteiger partial charge in [-0.05, 0) is 30.5 Å². The minimum absolute atomic E-state index is 0.00754. The number of ether oxygens (including phenoxy) is 2. The molecule has 100 valence electrons. The Labute approximate surface area is 111 Å². The van der Waals surface area contributed by atoms with Crippen molar-refractivity contribution in [1.29, 1.82) is 0 Å². The van der Waals surface area contributed by atoms with Crippen molar-refractivity contribution in [3.63, 3.8) is 0 Å². The first-order valence-corrected chi connectivity index (χ1v) is 6.46. The molecule has 1 saturated heterocycles. The first-order valence-electron chi connectivity index (χ1n) is 6.46. The van der Waals surface area contributed by atoms with Gasteiger partial charge in [0.2, 0.25) is 0 Å². The molecule has 0 radical (unpaired) electrons. The molecule has 1 aliphatic rings. The molecule has 19 heavy (non-hydrogen) atoms. The number of rotatable bonds is 1. The van der Waals surface area contributed by atoms with Crippen LogP contribution in [0.25, 0.3) is 10.9 Å². The van der Waals surface area contributed by atoms with Gasteiger partial charge in [0.15, 0.2) is 0 Å². The van der Waals surface area contributed by atoms with Crippen molar-refractivity contribution >= 4 is 10.9 Å². The Hall–Kier alpha value is -1.65. The summed E-state index contributed by atoms with van der Waals surface area (Å²) in [7, 11) is 1.80. The molecule has 0 spiro atoms. The summed E-state index contributed by atoms with van der Waals surface area (Å²) < 4.78 is 12.7. The van der Waals surface area contributed by atoms with E-state index in [1.807, 2.05) is 25.1 Å². The predicted octanol–water partition coefficient (Wildman–Crippen LogP) is 1.93. The van der Waals surface area contributed by atoms with Crippen LogP contribution in [0.4, 0.5) is 0 Å². The lowest BCUT2D eigenvalue weighted by atomic mass is 10.1. The zero-order valence-corrected chi connectivity index (χ0v) is 11.2. The highest BCUT2D eigenvalue weighted by atomic mass is 16.6. The van der Waals surface area contributed by atoms with Crippen LogP contribution in [0.1, 0.15) is 17.2 Å². The van der Waals surface area contributed by atoms with Crippen molar-refractivity contribution in [2.24, 2.45) is 7.05 Å². The highest BCUT2D eigenvalue weighted by Gasteiger charge is 2.21. The maximum Gasteiger partial charge on any atom is 0.256 e. The van der Waals surface area contributed by atoms with Crippen LogP contribution >= 0.6 is 0 Å². The molecule has 0 bridgehead atoms. The SMILES string of the molecule is Cc1ccc2c(c1)cc(C1COCCO1)c(=O)n2C. The fourth-order valence-electron chi connectivity index (χ4n) is 2.53. The molecule has 2 heterocycles. The van der Waals surface area contributed by atoms with E-state index in [1.165, 1.54) is 5.56 Å². The van der Waals surface area contributed by atoms with Gasteiger partial charge in [0.1, 0.15) is 6.10 Å². The van der Waals surface area contributed by atoms with E-state index in [1.54, 1.807) is 11.6 Å². The fraction of sp³-hybridized carbons (Fsp3) is 0.400. The Morgan fingerprint density at radius 2 is 2.11 bits per heavy atom. The van der Waals surface area contributed by atoms with E-state index in [9.17, 15) is 4.79 Å². The average Bonchev–Trinajstić information content (AvgIpc) is 2.43. The molecule has 3 rings (SSSR count). The smallest absolute Gasteiger partial charge is 0.256 e. The topological polar surface area (TPSA) is 40.5 Å². The van der Waals surface area contributed by atoms with Gasteiger partial charge in [-0.1, -0.05) is 11.6 Å². The van der Waals surface area contributed by atoms with E-state index in [0.717, 1.165) is 10.9 Å². The molecule has 0 N–H and O–H groups in total. The second-order valence-electron chi connectivity index (χ2n) is 4.96. The minimum atomic E-state index is -0.252. The quantitative estimate of drug-likeness (QED) is 0.785. The number of aryl methyl sites for hydroxylation is 2. The summed E-state index contributed by atoms with van der Waals surface area (Å²) in [6.07, 6.45) is -0.252. The van der Waals surface area contributed by atoms with E-state index in [2.05, 4.69) is 6.07 Å². The monoisotopic (exact) mass is 259 g/mol. The molecule has 4 heteroatoms. The molecule has 0 saturated carbocycles. The zero-order chi connectivity index (χ0) is 13.4. The highest BCUT2D eigenvalue weighted by molar-refractivity contribution is 5.80. The normalized spacial score (nSPS) is 19.8. The van der Waals surface area contributed by atoms with Gasteiger partial charge in [0, 0.05) is 12.6 Å². The first kappa shape index (κ1) is 12.4. The molecule has 4 nitrogen and oxygen atoms in total. The van der Waals surface area contributed by atoms with Gasteiger partial charge in [-0.2, -0.15) is 0 Å². The molecule has 1 unspecified atom stereocenters. The number of fused-ring (bicyclic) bond motifs is 1. The number of benzene rings is 1. The summed E-state index contributed by atoms with van der Waals surface area (Å²) >= 11 is 0. The van der Waals surface area contributed by atoms with Crippen molar-refractivity contribution in [3.8, 4) is 0 Å². The Balaban J connectivity index is 2.19. The third-order valence-corrected chi connectivity index (χ3v) is 3.57. The average molecular weight is 259 g/mol.